The fourth-order valence-corrected chi connectivity index (χ4v) is 8.10. The van der Waals surface area contributed by atoms with E-state index < -0.39 is 31.0 Å². The first-order valence-electron chi connectivity index (χ1n) is 16.4. The first-order chi connectivity index (χ1) is 22.6. The van der Waals surface area contributed by atoms with Crippen LogP contribution in [0.4, 0.5) is 11.4 Å². The Morgan fingerprint density at radius 2 is 1.57 bits per heavy atom. The molecule has 258 valence electrons. The van der Waals surface area contributed by atoms with Crippen LogP contribution in [-0.4, -0.2) is 110 Å². The number of anilines is 2. The number of aryl methyl sites for hydroxylation is 1. The predicted octanol–water partition coefficient (Wildman–Crippen LogP) is 3.38. The number of amides is 1. The zero-order chi connectivity index (χ0) is 33.7. The summed E-state index contributed by atoms with van der Waals surface area (Å²) in [6.07, 6.45) is -1.76. The molecule has 2 fully saturated rings. The summed E-state index contributed by atoms with van der Waals surface area (Å²) < 4.78 is 0. The molecule has 0 unspecified atom stereocenters. The maximum atomic E-state index is 13.9. The summed E-state index contributed by atoms with van der Waals surface area (Å²) in [5, 5.41) is 49.2. The zero-order valence-electron chi connectivity index (χ0n) is 26.4. The minimum atomic E-state index is -1.71. The normalized spacial score (nSPS) is 21.0. The van der Waals surface area contributed by atoms with Crippen LogP contribution < -0.4 is 9.80 Å². The monoisotopic (exact) mass is 709 g/mol. The lowest BCUT2D eigenvalue weighted by Gasteiger charge is -2.39. The second-order valence-corrected chi connectivity index (χ2v) is 14.6. The molecule has 13 heteroatoms. The number of thioether (sulfide) groups is 1. The average Bonchev–Trinajstić information content (AvgIpc) is 3.82. The fraction of sp³-hybridized carbons (Fsp3) is 0.588. The number of hydrogen-bond acceptors (Lipinski definition) is 10. The number of halogens is 2. The Morgan fingerprint density at radius 3 is 2.30 bits per heavy atom. The Labute approximate surface area is 290 Å². The van der Waals surface area contributed by atoms with E-state index in [0.29, 0.717) is 48.4 Å². The number of nitrogens with zero attached hydrogens (tertiary/aromatic N) is 3. The van der Waals surface area contributed by atoms with Crippen molar-refractivity contribution in [1.29, 1.82) is 0 Å². The number of Topliss-reactive ketones (excluding diaryl/α,β-unsaturated/α-hetero) is 1. The van der Waals surface area contributed by atoms with E-state index in [9.17, 15) is 30.0 Å². The fourth-order valence-electron chi connectivity index (χ4n) is 6.38. The predicted molar refractivity (Wildman–Crippen MR) is 185 cm³/mol. The zero-order valence-corrected chi connectivity index (χ0v) is 28.7. The van der Waals surface area contributed by atoms with E-state index in [-0.39, 0.29) is 37.0 Å². The van der Waals surface area contributed by atoms with Crippen LogP contribution in [0.1, 0.15) is 56.1 Å². The number of carbonyl (C=O) groups is 2. The van der Waals surface area contributed by atoms with Gasteiger partial charge in [-0.05, 0) is 73.9 Å². The molecule has 5 atom stereocenters. The molecule has 2 aromatic rings. The van der Waals surface area contributed by atoms with Crippen LogP contribution >= 0.6 is 35.0 Å². The van der Waals surface area contributed by atoms with Gasteiger partial charge in [0, 0.05) is 60.2 Å². The second kappa shape index (κ2) is 16.7. The molecule has 2 aliphatic heterocycles. The van der Waals surface area contributed by atoms with Crippen LogP contribution in [0.2, 0.25) is 10.0 Å². The van der Waals surface area contributed by atoms with Crippen molar-refractivity contribution in [2.75, 3.05) is 41.1 Å². The summed E-state index contributed by atoms with van der Waals surface area (Å²) in [4.78, 5) is 32.9. The van der Waals surface area contributed by atoms with E-state index in [1.54, 1.807) is 11.8 Å². The van der Waals surface area contributed by atoms with E-state index in [4.69, 9.17) is 28.3 Å². The summed E-state index contributed by atoms with van der Waals surface area (Å²) in [7, 11) is 0. The van der Waals surface area contributed by atoms with Gasteiger partial charge in [0.15, 0.2) is 0 Å². The van der Waals surface area contributed by atoms with Crippen molar-refractivity contribution in [2.24, 2.45) is 0 Å². The van der Waals surface area contributed by atoms with Crippen molar-refractivity contribution in [3.63, 3.8) is 0 Å². The summed E-state index contributed by atoms with van der Waals surface area (Å²) >= 11 is 15.2. The summed E-state index contributed by atoms with van der Waals surface area (Å²) in [5.41, 5.74) is 3.89. The molecule has 1 saturated heterocycles. The first-order valence-corrected chi connectivity index (χ1v) is 18.3. The molecule has 1 aliphatic carbocycles. The van der Waals surface area contributed by atoms with Crippen LogP contribution in [0, 0.1) is 0 Å². The maximum Gasteiger partial charge on any atom is 0.245 e. The Kier molecular flexibility index (Phi) is 12.9. The van der Waals surface area contributed by atoms with Crippen LogP contribution in [0.3, 0.4) is 0 Å². The average molecular weight is 711 g/mol. The van der Waals surface area contributed by atoms with Gasteiger partial charge in [-0.2, -0.15) is 0 Å². The van der Waals surface area contributed by atoms with Gasteiger partial charge in [-0.3, -0.25) is 14.5 Å². The van der Waals surface area contributed by atoms with E-state index >= 15 is 0 Å². The molecule has 0 aromatic heterocycles. The van der Waals surface area contributed by atoms with Crippen LogP contribution in [-0.2, 0) is 22.6 Å². The van der Waals surface area contributed by atoms with E-state index in [1.165, 1.54) is 12.8 Å². The SMILES string of the molecule is O=C(CCCCc1cc(Cl)c(CN2CSC[C@H]2C(=O)N2CCN(C3CC3)c3ccccc32)cc1Cl)CC[C@H](O)[C@@H](O)[C@H](O)[C@H](O)CO. The molecule has 0 bridgehead atoms. The third kappa shape index (κ3) is 9.00. The topological polar surface area (TPSA) is 145 Å². The third-order valence-electron chi connectivity index (χ3n) is 9.34. The van der Waals surface area contributed by atoms with Gasteiger partial charge >= 0.3 is 0 Å². The van der Waals surface area contributed by atoms with Gasteiger partial charge in [0.2, 0.25) is 5.91 Å². The van der Waals surface area contributed by atoms with Crippen molar-refractivity contribution in [3.05, 3.63) is 57.6 Å². The molecule has 10 nitrogen and oxygen atoms in total. The van der Waals surface area contributed by atoms with E-state index in [2.05, 4.69) is 21.9 Å². The first kappa shape index (κ1) is 36.4. The molecule has 0 radical (unpaired) electrons. The van der Waals surface area contributed by atoms with Gasteiger partial charge in [0.25, 0.3) is 0 Å². The molecule has 2 aromatic carbocycles. The number of unbranched alkanes of at least 4 members (excludes halogenated alkanes) is 1. The smallest absolute Gasteiger partial charge is 0.245 e. The number of hydrogen-bond donors (Lipinski definition) is 5. The number of benzene rings is 2. The number of aliphatic hydroxyl groups is 5. The summed E-state index contributed by atoms with van der Waals surface area (Å²) in [5.74, 6) is 1.48. The standard InChI is InChI=1S/C34H45Cl2N3O7S/c35-25-16-22(26(36)15-21(25)5-1-2-6-24(41)11-12-30(42)32(44)33(45)31(43)18-40)17-37-20-47-19-29(37)34(46)39-14-13-38(23-9-10-23)27-7-3-4-8-28(27)39/h3-4,7-8,15-16,23,29-33,40,42-45H,1-2,5-6,9-14,17-20H2/t29-,30-,31+,32+,33+/m0/s1. The quantitative estimate of drug-likeness (QED) is 0.165. The summed E-state index contributed by atoms with van der Waals surface area (Å²) in [6, 6.07) is 12.3. The Bertz CT molecular complexity index is 1400. The van der Waals surface area contributed by atoms with Crippen molar-refractivity contribution in [1.82, 2.24) is 4.90 Å². The highest BCUT2D eigenvalue weighted by molar-refractivity contribution is 7.99. The third-order valence-corrected chi connectivity index (χ3v) is 11.1. The van der Waals surface area contributed by atoms with Crippen molar-refractivity contribution < 1.29 is 35.1 Å². The molecular formula is C34H45Cl2N3O7S. The van der Waals surface area contributed by atoms with Crippen molar-refractivity contribution in [2.45, 2.75) is 94.4 Å². The molecular weight excluding hydrogens is 665 g/mol. The van der Waals surface area contributed by atoms with Gasteiger partial charge in [0.1, 0.15) is 24.1 Å². The minimum absolute atomic E-state index is 0.0168. The lowest BCUT2D eigenvalue weighted by Crippen LogP contribution is -2.52. The van der Waals surface area contributed by atoms with Gasteiger partial charge < -0.3 is 35.3 Å². The maximum absolute atomic E-state index is 13.9. The molecule has 5 N–H and O–H groups in total. The number of rotatable bonds is 16. The van der Waals surface area contributed by atoms with Crippen molar-refractivity contribution >= 4 is 58.0 Å². The molecule has 3 aliphatic rings. The van der Waals surface area contributed by atoms with Crippen LogP contribution in [0.5, 0.6) is 0 Å². The number of carbonyl (C=O) groups excluding carboxylic acids is 2. The highest BCUT2D eigenvalue weighted by Gasteiger charge is 2.40. The molecule has 1 saturated carbocycles. The Balaban J connectivity index is 1.10. The van der Waals surface area contributed by atoms with E-state index in [1.807, 2.05) is 29.2 Å². The molecule has 2 heterocycles. The molecule has 1 amide bonds. The molecule has 0 spiro atoms. The Morgan fingerprint density at radius 1 is 0.894 bits per heavy atom. The van der Waals surface area contributed by atoms with Gasteiger partial charge in [0.05, 0.1) is 30.1 Å². The van der Waals surface area contributed by atoms with Gasteiger partial charge in [-0.15, -0.1) is 11.8 Å². The second-order valence-electron chi connectivity index (χ2n) is 12.8. The van der Waals surface area contributed by atoms with Gasteiger partial charge in [-0.25, -0.2) is 0 Å². The lowest BCUT2D eigenvalue weighted by molar-refractivity contribution is -0.125. The number of fused-ring (bicyclic) bond motifs is 1. The largest absolute Gasteiger partial charge is 0.394 e. The minimum Gasteiger partial charge on any atom is -0.394 e. The van der Waals surface area contributed by atoms with E-state index in [0.717, 1.165) is 40.7 Å². The number of aliphatic hydroxyl groups excluding tert-OH is 5. The summed E-state index contributed by atoms with van der Waals surface area (Å²) in [6.45, 7) is 1.28. The number of para-hydroxylation sites is 2. The lowest BCUT2D eigenvalue weighted by atomic mass is 9.97. The molecule has 5 rings (SSSR count). The van der Waals surface area contributed by atoms with Crippen molar-refractivity contribution in [3.8, 4) is 0 Å². The number of ketones is 1. The molecule has 47 heavy (non-hydrogen) atoms. The Hall–Kier alpha value is -1.93. The van der Waals surface area contributed by atoms with Crippen LogP contribution in [0.15, 0.2) is 36.4 Å². The van der Waals surface area contributed by atoms with Crippen LogP contribution in [0.25, 0.3) is 0 Å². The highest BCUT2D eigenvalue weighted by atomic mass is 35.5. The van der Waals surface area contributed by atoms with Gasteiger partial charge in [-0.1, -0.05) is 35.3 Å². The highest BCUT2D eigenvalue weighted by Crippen LogP contribution is 2.41.